The van der Waals surface area contributed by atoms with E-state index < -0.39 is 23.3 Å². The van der Waals surface area contributed by atoms with Gasteiger partial charge in [0, 0.05) is 29.1 Å². The molecule has 5 nitrogen and oxygen atoms in total. The molecular formula is C29H26F3NO4. The highest BCUT2D eigenvalue weighted by Crippen LogP contribution is 2.34. The fraction of sp³-hybridized carbons (Fsp3) is 0.241. The summed E-state index contributed by atoms with van der Waals surface area (Å²) in [6.07, 6.45) is -3.83. The highest BCUT2D eigenvalue weighted by molar-refractivity contribution is 5.90. The van der Waals surface area contributed by atoms with E-state index in [2.05, 4.69) is 4.98 Å². The Balaban J connectivity index is 1.47. The van der Waals surface area contributed by atoms with Crippen molar-refractivity contribution in [1.29, 1.82) is 0 Å². The van der Waals surface area contributed by atoms with Gasteiger partial charge in [0.05, 0.1) is 17.9 Å². The summed E-state index contributed by atoms with van der Waals surface area (Å²) in [7, 11) is 0. The summed E-state index contributed by atoms with van der Waals surface area (Å²) in [6.45, 7) is 5.16. The Morgan fingerprint density at radius 1 is 0.973 bits per heavy atom. The van der Waals surface area contributed by atoms with E-state index >= 15 is 0 Å². The molecular weight excluding hydrogens is 483 g/mol. The molecule has 0 aliphatic rings. The molecule has 0 atom stereocenters. The molecule has 0 aliphatic heterocycles. The molecule has 4 aromatic rings. The van der Waals surface area contributed by atoms with Crippen LogP contribution in [0.15, 0.2) is 72.8 Å². The SMILES string of the molecule is Cc1nc(-c2ccc(C(F)(F)F)cc2)ccc1CCOc1cc(OC(C)(C)C(=O)O)c2ccccc2c1. The van der Waals surface area contributed by atoms with E-state index in [9.17, 15) is 23.1 Å². The third kappa shape index (κ3) is 6.02. The first kappa shape index (κ1) is 26.0. The van der Waals surface area contributed by atoms with Gasteiger partial charge in [-0.2, -0.15) is 13.2 Å². The van der Waals surface area contributed by atoms with Gasteiger partial charge >= 0.3 is 12.1 Å². The minimum absolute atomic E-state index is 0.336. The molecule has 0 aliphatic carbocycles. The van der Waals surface area contributed by atoms with Gasteiger partial charge in [0.15, 0.2) is 5.60 Å². The number of rotatable bonds is 8. The fourth-order valence-corrected chi connectivity index (χ4v) is 3.86. The Bertz CT molecular complexity index is 1430. The van der Waals surface area contributed by atoms with Gasteiger partial charge in [0.2, 0.25) is 0 Å². The molecule has 37 heavy (non-hydrogen) atoms. The second kappa shape index (κ2) is 10.1. The van der Waals surface area contributed by atoms with Crippen LogP contribution in [0.5, 0.6) is 11.5 Å². The van der Waals surface area contributed by atoms with Crippen molar-refractivity contribution >= 4 is 16.7 Å². The van der Waals surface area contributed by atoms with E-state index in [0.29, 0.717) is 35.8 Å². The van der Waals surface area contributed by atoms with Gasteiger partial charge in [0.25, 0.3) is 0 Å². The van der Waals surface area contributed by atoms with Crippen LogP contribution in [0.1, 0.15) is 30.7 Å². The summed E-state index contributed by atoms with van der Waals surface area (Å²) in [5, 5.41) is 11.1. The van der Waals surface area contributed by atoms with Crippen molar-refractivity contribution < 1.29 is 32.5 Å². The molecule has 8 heteroatoms. The monoisotopic (exact) mass is 509 g/mol. The predicted molar refractivity (Wildman–Crippen MR) is 135 cm³/mol. The van der Waals surface area contributed by atoms with Crippen LogP contribution in [-0.2, 0) is 17.4 Å². The number of benzene rings is 3. The van der Waals surface area contributed by atoms with Crippen molar-refractivity contribution in [3.63, 3.8) is 0 Å². The third-order valence-corrected chi connectivity index (χ3v) is 6.02. The van der Waals surface area contributed by atoms with Crippen LogP contribution in [-0.4, -0.2) is 28.3 Å². The van der Waals surface area contributed by atoms with Gasteiger partial charge in [0.1, 0.15) is 11.5 Å². The van der Waals surface area contributed by atoms with Crippen molar-refractivity contribution in [1.82, 2.24) is 4.98 Å². The first-order chi connectivity index (χ1) is 17.4. The van der Waals surface area contributed by atoms with Gasteiger partial charge < -0.3 is 14.6 Å². The maximum Gasteiger partial charge on any atom is 0.416 e. The zero-order valence-corrected chi connectivity index (χ0v) is 20.6. The van der Waals surface area contributed by atoms with Crippen molar-refractivity contribution in [3.8, 4) is 22.8 Å². The number of hydrogen-bond acceptors (Lipinski definition) is 4. The average molecular weight is 510 g/mol. The fourth-order valence-electron chi connectivity index (χ4n) is 3.86. The van der Waals surface area contributed by atoms with E-state index in [1.54, 1.807) is 12.1 Å². The minimum atomic E-state index is -4.38. The standard InChI is InChI=1S/C29H26F3NO4/c1-18-19(10-13-25(33-18)20-8-11-22(12-9-20)29(30,31)32)14-15-36-23-16-21-6-4-5-7-24(21)26(17-23)37-28(2,3)27(34)35/h4-13,16-17H,14-15H2,1-3H3,(H,34,35). The maximum absolute atomic E-state index is 12.8. The molecule has 192 valence electrons. The van der Waals surface area contributed by atoms with Gasteiger partial charge in [-0.15, -0.1) is 0 Å². The zero-order chi connectivity index (χ0) is 26.8. The molecule has 1 heterocycles. The molecule has 0 spiro atoms. The normalized spacial score (nSPS) is 11.9. The first-order valence-corrected chi connectivity index (χ1v) is 11.7. The largest absolute Gasteiger partial charge is 0.493 e. The molecule has 0 unspecified atom stereocenters. The molecule has 1 N–H and O–H groups in total. The third-order valence-electron chi connectivity index (χ3n) is 6.02. The number of carboxylic acids is 1. The van der Waals surface area contributed by atoms with Crippen molar-refractivity contribution in [3.05, 3.63) is 89.6 Å². The van der Waals surface area contributed by atoms with Crippen LogP contribution in [0.2, 0.25) is 0 Å². The second-order valence-electron chi connectivity index (χ2n) is 9.17. The van der Waals surface area contributed by atoms with E-state index in [-0.39, 0.29) is 0 Å². The molecule has 0 bridgehead atoms. The van der Waals surface area contributed by atoms with Gasteiger partial charge in [-0.25, -0.2) is 4.79 Å². The van der Waals surface area contributed by atoms with Crippen LogP contribution in [0.25, 0.3) is 22.0 Å². The smallest absolute Gasteiger partial charge is 0.416 e. The quantitative estimate of drug-likeness (QED) is 0.275. The highest BCUT2D eigenvalue weighted by Gasteiger charge is 2.31. The number of hydrogen-bond donors (Lipinski definition) is 1. The Hall–Kier alpha value is -4.07. The van der Waals surface area contributed by atoms with Crippen molar-refractivity contribution in [2.24, 2.45) is 0 Å². The summed E-state index contributed by atoms with van der Waals surface area (Å²) in [5.74, 6) is -0.119. The number of carboxylic acid groups (broad SMARTS) is 1. The Morgan fingerprint density at radius 2 is 1.68 bits per heavy atom. The number of halogens is 3. The van der Waals surface area contributed by atoms with Crippen LogP contribution in [0.3, 0.4) is 0 Å². The van der Waals surface area contributed by atoms with E-state index in [1.165, 1.54) is 26.0 Å². The number of aryl methyl sites for hydroxylation is 1. The predicted octanol–water partition coefficient (Wildman–Crippen LogP) is 7.09. The second-order valence-corrected chi connectivity index (χ2v) is 9.17. The molecule has 0 saturated carbocycles. The molecule has 0 saturated heterocycles. The zero-order valence-electron chi connectivity index (χ0n) is 20.6. The lowest BCUT2D eigenvalue weighted by Gasteiger charge is -2.23. The van der Waals surface area contributed by atoms with Crippen LogP contribution in [0, 0.1) is 6.92 Å². The number of nitrogens with zero attached hydrogens (tertiary/aromatic N) is 1. The van der Waals surface area contributed by atoms with E-state index in [1.807, 2.05) is 43.3 Å². The van der Waals surface area contributed by atoms with Gasteiger partial charge in [-0.05, 0) is 56.0 Å². The minimum Gasteiger partial charge on any atom is -0.493 e. The number of ether oxygens (including phenoxy) is 2. The van der Waals surface area contributed by atoms with Gasteiger partial charge in [-0.3, -0.25) is 4.98 Å². The summed E-state index contributed by atoms with van der Waals surface area (Å²) >= 11 is 0. The first-order valence-electron chi connectivity index (χ1n) is 11.7. The number of carbonyl (C=O) groups is 1. The van der Waals surface area contributed by atoms with Crippen LogP contribution in [0.4, 0.5) is 13.2 Å². The number of aromatic nitrogens is 1. The van der Waals surface area contributed by atoms with Crippen molar-refractivity contribution in [2.75, 3.05) is 6.61 Å². The average Bonchev–Trinajstić information content (AvgIpc) is 2.84. The lowest BCUT2D eigenvalue weighted by Crippen LogP contribution is -2.37. The Kier molecular flexibility index (Phi) is 7.12. The van der Waals surface area contributed by atoms with Crippen LogP contribution >= 0.6 is 0 Å². The molecule has 4 rings (SSSR count). The number of aliphatic carboxylic acids is 1. The van der Waals surface area contributed by atoms with Gasteiger partial charge in [-0.1, -0.05) is 42.5 Å². The molecule has 0 fully saturated rings. The van der Waals surface area contributed by atoms with E-state index in [0.717, 1.165) is 34.2 Å². The Labute approximate surface area is 212 Å². The summed E-state index contributed by atoms with van der Waals surface area (Å²) in [4.78, 5) is 16.1. The molecule has 0 radical (unpaired) electrons. The molecule has 1 aromatic heterocycles. The number of alkyl halides is 3. The summed E-state index contributed by atoms with van der Waals surface area (Å²) in [5.41, 5.74) is 0.779. The summed E-state index contributed by atoms with van der Waals surface area (Å²) < 4.78 is 50.3. The van der Waals surface area contributed by atoms with Crippen molar-refractivity contribution in [2.45, 2.75) is 39.0 Å². The molecule has 3 aromatic carbocycles. The van der Waals surface area contributed by atoms with E-state index in [4.69, 9.17) is 9.47 Å². The summed E-state index contributed by atoms with van der Waals surface area (Å²) in [6, 6.07) is 19.7. The topological polar surface area (TPSA) is 68.7 Å². The lowest BCUT2D eigenvalue weighted by atomic mass is 10.1. The number of pyridine rings is 1. The maximum atomic E-state index is 12.8. The molecule has 0 amide bonds. The highest BCUT2D eigenvalue weighted by atomic mass is 19.4. The Morgan fingerprint density at radius 3 is 2.32 bits per heavy atom. The van der Waals surface area contributed by atoms with Crippen LogP contribution < -0.4 is 9.47 Å². The lowest BCUT2D eigenvalue weighted by molar-refractivity contribution is -0.152. The number of fused-ring (bicyclic) bond motifs is 1.